The van der Waals surface area contributed by atoms with Gasteiger partial charge in [0.1, 0.15) is 11.4 Å². The smallest absolute Gasteiger partial charge is 0.317 e. The molecule has 0 unspecified atom stereocenters. The molecule has 0 aromatic rings. The van der Waals surface area contributed by atoms with Crippen LogP contribution in [0.15, 0.2) is 4.99 Å². The average molecular weight is 387 g/mol. The molecule has 28 heavy (non-hydrogen) atoms. The van der Waals surface area contributed by atoms with Crippen molar-refractivity contribution in [1.29, 1.82) is 0 Å². The lowest BCUT2D eigenvalue weighted by Crippen LogP contribution is -2.48. The van der Waals surface area contributed by atoms with Crippen molar-refractivity contribution in [3.63, 3.8) is 0 Å². The summed E-state index contributed by atoms with van der Waals surface area (Å²) in [4.78, 5) is 35.0. The highest BCUT2D eigenvalue weighted by molar-refractivity contribution is 6.07. The molecule has 0 bridgehead atoms. The SMILES string of the molecule is CC1=N[C@@]2(CC[C@@H]3CN(C(=O)NCC4CCCCC4)C[C@@H]32)C(=O)N1CC1CC1. The van der Waals surface area contributed by atoms with E-state index in [0.29, 0.717) is 24.3 Å². The van der Waals surface area contributed by atoms with Crippen molar-refractivity contribution < 1.29 is 9.59 Å². The van der Waals surface area contributed by atoms with E-state index in [4.69, 9.17) is 4.99 Å². The Morgan fingerprint density at radius 2 is 1.89 bits per heavy atom. The molecule has 1 spiro atoms. The van der Waals surface area contributed by atoms with Crippen LogP contribution in [0.2, 0.25) is 0 Å². The highest BCUT2D eigenvalue weighted by Gasteiger charge is 2.61. The van der Waals surface area contributed by atoms with Crippen LogP contribution in [0, 0.1) is 23.7 Å². The van der Waals surface area contributed by atoms with Gasteiger partial charge in [0.15, 0.2) is 0 Å². The molecule has 3 aliphatic carbocycles. The Hall–Kier alpha value is -1.59. The van der Waals surface area contributed by atoms with Crippen LogP contribution in [-0.2, 0) is 4.79 Å². The summed E-state index contributed by atoms with van der Waals surface area (Å²) in [5, 5.41) is 3.18. The van der Waals surface area contributed by atoms with Gasteiger partial charge in [0, 0.05) is 32.1 Å². The van der Waals surface area contributed by atoms with E-state index in [1.54, 1.807) is 0 Å². The number of rotatable bonds is 4. The lowest BCUT2D eigenvalue weighted by molar-refractivity contribution is -0.132. The van der Waals surface area contributed by atoms with Gasteiger partial charge in [-0.3, -0.25) is 14.7 Å². The minimum Gasteiger partial charge on any atom is -0.338 e. The first-order valence-electron chi connectivity index (χ1n) is 11.5. The maximum absolute atomic E-state index is 13.3. The number of urea groups is 1. The number of likely N-dealkylation sites (tertiary alicyclic amines) is 1. The number of nitrogens with zero attached hydrogens (tertiary/aromatic N) is 3. The Labute approximate surface area is 168 Å². The van der Waals surface area contributed by atoms with E-state index >= 15 is 0 Å². The number of hydrogen-bond donors (Lipinski definition) is 1. The molecule has 154 valence electrons. The van der Waals surface area contributed by atoms with E-state index in [-0.39, 0.29) is 17.9 Å². The van der Waals surface area contributed by atoms with Crippen molar-refractivity contribution >= 4 is 17.8 Å². The predicted octanol–water partition coefficient (Wildman–Crippen LogP) is 3.03. The molecule has 3 atom stereocenters. The summed E-state index contributed by atoms with van der Waals surface area (Å²) in [5.74, 6) is 3.05. The largest absolute Gasteiger partial charge is 0.338 e. The molecule has 1 N–H and O–H groups in total. The third-order valence-electron chi connectivity index (χ3n) is 8.01. The van der Waals surface area contributed by atoms with Gasteiger partial charge in [-0.1, -0.05) is 19.3 Å². The van der Waals surface area contributed by atoms with E-state index < -0.39 is 5.54 Å². The van der Waals surface area contributed by atoms with Gasteiger partial charge in [0.25, 0.3) is 5.91 Å². The molecule has 2 heterocycles. The molecular weight excluding hydrogens is 352 g/mol. The van der Waals surface area contributed by atoms with E-state index in [1.807, 2.05) is 16.7 Å². The van der Waals surface area contributed by atoms with Crippen molar-refractivity contribution in [1.82, 2.24) is 15.1 Å². The molecule has 3 saturated carbocycles. The van der Waals surface area contributed by atoms with Gasteiger partial charge in [-0.2, -0.15) is 0 Å². The van der Waals surface area contributed by atoms with Crippen LogP contribution in [0.4, 0.5) is 4.79 Å². The Bertz CT molecular complexity index is 682. The van der Waals surface area contributed by atoms with E-state index in [1.165, 1.54) is 44.9 Å². The Kier molecular flexibility index (Phi) is 4.63. The zero-order valence-electron chi connectivity index (χ0n) is 17.2. The molecular formula is C22H34N4O2. The van der Waals surface area contributed by atoms with Gasteiger partial charge in [-0.25, -0.2) is 4.79 Å². The van der Waals surface area contributed by atoms with Crippen LogP contribution in [0.5, 0.6) is 0 Å². The highest BCUT2D eigenvalue weighted by Crippen LogP contribution is 2.50. The molecule has 5 rings (SSSR count). The van der Waals surface area contributed by atoms with Crippen LogP contribution < -0.4 is 5.32 Å². The quantitative estimate of drug-likeness (QED) is 0.807. The third kappa shape index (κ3) is 3.13. The second-order valence-electron chi connectivity index (χ2n) is 9.94. The van der Waals surface area contributed by atoms with Crippen LogP contribution in [0.1, 0.15) is 64.7 Å². The number of hydrogen-bond acceptors (Lipinski definition) is 3. The van der Waals surface area contributed by atoms with Gasteiger partial charge in [0.05, 0.1) is 0 Å². The summed E-state index contributed by atoms with van der Waals surface area (Å²) in [6, 6.07) is 0.0658. The molecule has 6 heteroatoms. The fourth-order valence-electron chi connectivity index (χ4n) is 6.15. The number of aliphatic imine (C=N–C) groups is 1. The fraction of sp³-hybridized carbons (Fsp3) is 0.864. The number of fused-ring (bicyclic) bond motifs is 2. The molecule has 0 aromatic carbocycles. The van der Waals surface area contributed by atoms with Gasteiger partial charge in [-0.05, 0) is 63.2 Å². The fourth-order valence-corrected chi connectivity index (χ4v) is 6.15. The number of nitrogens with one attached hydrogen (secondary N) is 1. The maximum atomic E-state index is 13.3. The van der Waals surface area contributed by atoms with E-state index in [0.717, 1.165) is 38.3 Å². The van der Waals surface area contributed by atoms with Crippen LogP contribution in [0.3, 0.4) is 0 Å². The van der Waals surface area contributed by atoms with Crippen molar-refractivity contribution in [2.45, 2.75) is 70.3 Å². The highest BCUT2D eigenvalue weighted by atomic mass is 16.2. The number of amidine groups is 1. The summed E-state index contributed by atoms with van der Waals surface area (Å²) in [7, 11) is 0. The molecule has 2 aliphatic heterocycles. The first-order chi connectivity index (χ1) is 13.6. The lowest BCUT2D eigenvalue weighted by Gasteiger charge is -2.28. The van der Waals surface area contributed by atoms with Crippen molar-refractivity contribution in [2.75, 3.05) is 26.2 Å². The van der Waals surface area contributed by atoms with E-state index in [2.05, 4.69) is 5.32 Å². The zero-order chi connectivity index (χ0) is 19.3. The minimum atomic E-state index is -0.581. The van der Waals surface area contributed by atoms with Gasteiger partial charge in [0.2, 0.25) is 0 Å². The second-order valence-corrected chi connectivity index (χ2v) is 9.94. The normalized spacial score (nSPS) is 35.6. The third-order valence-corrected chi connectivity index (χ3v) is 8.01. The Morgan fingerprint density at radius 3 is 2.64 bits per heavy atom. The summed E-state index contributed by atoms with van der Waals surface area (Å²) in [6.45, 7) is 5.11. The lowest BCUT2D eigenvalue weighted by atomic mass is 9.85. The first kappa shape index (κ1) is 18.4. The average Bonchev–Trinajstić information content (AvgIpc) is 3.24. The summed E-state index contributed by atoms with van der Waals surface area (Å²) < 4.78 is 0. The number of carbonyl (C=O) groups is 2. The minimum absolute atomic E-state index is 0.0658. The standard InChI is InChI=1S/C22H34N4O2/c1-15-24-22(20(27)26(15)12-17-7-8-17)10-9-18-13-25(14-19(18)22)21(28)23-11-16-5-3-2-4-6-16/h16-19H,2-14H2,1H3,(H,23,28)/t18-,19+,22-/m1/s1. The number of carbonyl (C=O) groups excluding carboxylic acids is 2. The van der Waals surface area contributed by atoms with Gasteiger partial charge in [-0.15, -0.1) is 0 Å². The van der Waals surface area contributed by atoms with Crippen LogP contribution in [0.25, 0.3) is 0 Å². The molecule has 6 nitrogen and oxygen atoms in total. The topological polar surface area (TPSA) is 65.0 Å². The molecule has 5 aliphatic rings. The second kappa shape index (κ2) is 7.03. The molecule has 3 amide bonds. The number of amides is 3. The van der Waals surface area contributed by atoms with Crippen molar-refractivity contribution in [3.8, 4) is 0 Å². The van der Waals surface area contributed by atoms with Crippen molar-refractivity contribution in [2.24, 2.45) is 28.7 Å². The summed E-state index contributed by atoms with van der Waals surface area (Å²) >= 11 is 0. The molecule has 4 fully saturated rings. The van der Waals surface area contributed by atoms with E-state index in [9.17, 15) is 9.59 Å². The summed E-state index contributed by atoms with van der Waals surface area (Å²) in [5.41, 5.74) is -0.581. The zero-order valence-corrected chi connectivity index (χ0v) is 17.2. The molecule has 0 aromatic heterocycles. The van der Waals surface area contributed by atoms with Crippen LogP contribution in [-0.4, -0.2) is 59.3 Å². The monoisotopic (exact) mass is 386 g/mol. The Balaban J connectivity index is 1.22. The maximum Gasteiger partial charge on any atom is 0.317 e. The first-order valence-corrected chi connectivity index (χ1v) is 11.5. The molecule has 1 saturated heterocycles. The summed E-state index contributed by atoms with van der Waals surface area (Å²) in [6.07, 6.45) is 10.8. The van der Waals surface area contributed by atoms with Gasteiger partial charge < -0.3 is 10.2 Å². The predicted molar refractivity (Wildman–Crippen MR) is 108 cm³/mol. The van der Waals surface area contributed by atoms with Crippen LogP contribution >= 0.6 is 0 Å². The van der Waals surface area contributed by atoms with Crippen molar-refractivity contribution in [3.05, 3.63) is 0 Å². The van der Waals surface area contributed by atoms with Gasteiger partial charge >= 0.3 is 6.03 Å². The molecule has 0 radical (unpaired) electrons. The Morgan fingerprint density at radius 1 is 1.11 bits per heavy atom.